The molecule has 4 aliphatic carbocycles. The monoisotopic (exact) mass is 402 g/mol. The Hall–Kier alpha value is -0.340. The molecule has 2 N–H and O–H groups in total. The summed E-state index contributed by atoms with van der Waals surface area (Å²) in [6.45, 7) is 10.1. The minimum absolute atomic E-state index is 0.117. The van der Waals surface area contributed by atoms with E-state index < -0.39 is 0 Å². The summed E-state index contributed by atoms with van der Waals surface area (Å²) in [7, 11) is 0. The molecule has 0 spiro atoms. The van der Waals surface area contributed by atoms with E-state index in [-0.39, 0.29) is 11.5 Å². The molecule has 0 heterocycles. The van der Waals surface area contributed by atoms with E-state index in [4.69, 9.17) is 0 Å². The molecule has 0 radical (unpaired) electrons. The molecule has 4 rings (SSSR count). The third-order valence-electron chi connectivity index (χ3n) is 10.3. The Balaban J connectivity index is 1.53. The molecule has 0 aromatic rings. The van der Waals surface area contributed by atoms with Crippen molar-refractivity contribution in [2.75, 3.05) is 6.61 Å². The van der Waals surface area contributed by atoms with Gasteiger partial charge in [0.25, 0.3) is 0 Å². The van der Waals surface area contributed by atoms with Crippen LogP contribution in [0.25, 0.3) is 0 Å². The van der Waals surface area contributed by atoms with Gasteiger partial charge < -0.3 is 10.2 Å². The van der Waals surface area contributed by atoms with Gasteiger partial charge in [-0.05, 0) is 97.7 Å². The zero-order valence-corrected chi connectivity index (χ0v) is 19.5. The first-order chi connectivity index (χ1) is 13.8. The fourth-order valence-corrected chi connectivity index (χ4v) is 8.71. The van der Waals surface area contributed by atoms with E-state index in [2.05, 4.69) is 33.8 Å². The summed E-state index contributed by atoms with van der Waals surface area (Å²) >= 11 is 0. The maximum Gasteiger partial charge on any atom is 0.0577 e. The summed E-state index contributed by atoms with van der Waals surface area (Å²) in [5, 5.41) is 21.0. The molecule has 166 valence electrons. The van der Waals surface area contributed by atoms with Gasteiger partial charge in [-0.15, -0.1) is 0 Å². The fourth-order valence-electron chi connectivity index (χ4n) is 8.71. The summed E-state index contributed by atoms with van der Waals surface area (Å²) in [6, 6.07) is 0. The Kier molecular flexibility index (Phi) is 6.26. The van der Waals surface area contributed by atoms with Crippen LogP contribution in [0.2, 0.25) is 0 Å². The maximum absolute atomic E-state index is 10.8. The highest BCUT2D eigenvalue weighted by Gasteiger charge is 2.60. The van der Waals surface area contributed by atoms with Crippen LogP contribution in [0, 0.1) is 46.3 Å². The molecule has 0 aliphatic heterocycles. The molecule has 0 bridgehead atoms. The first-order valence-electron chi connectivity index (χ1n) is 12.8. The fraction of sp³-hybridized carbons (Fsp3) is 0.926. The molecule has 0 saturated heterocycles. The van der Waals surface area contributed by atoms with E-state index in [0.717, 1.165) is 48.9 Å². The smallest absolute Gasteiger partial charge is 0.0577 e. The van der Waals surface area contributed by atoms with Crippen molar-refractivity contribution < 1.29 is 10.2 Å². The van der Waals surface area contributed by atoms with Crippen LogP contribution < -0.4 is 0 Å². The highest BCUT2D eigenvalue weighted by Crippen LogP contribution is 2.67. The van der Waals surface area contributed by atoms with Crippen LogP contribution in [0.1, 0.15) is 98.3 Å². The van der Waals surface area contributed by atoms with Crippen LogP contribution in [0.3, 0.4) is 0 Å². The van der Waals surface area contributed by atoms with Gasteiger partial charge in [0.1, 0.15) is 0 Å². The standard InChI is InChI=1S/C27H46O2/c1-18(2)6-5-7-19(3)23-10-11-25-22-9-8-20-16-21(29)12-14-26(20,4)24(22)13-15-27(23,25)17-28/h8,18-19,21-25,28-29H,5-7,9-17H2,1-4H3/t19-,21+,22-,23-,24+,25+,26+,27+/m1/s1. The Morgan fingerprint density at radius 1 is 1.03 bits per heavy atom. The van der Waals surface area contributed by atoms with Gasteiger partial charge in [0.2, 0.25) is 0 Å². The molecule has 0 unspecified atom stereocenters. The number of fused-ring (bicyclic) bond motifs is 5. The third kappa shape index (κ3) is 3.65. The second kappa shape index (κ2) is 8.30. The Morgan fingerprint density at radius 2 is 1.83 bits per heavy atom. The normalized spacial score (nSPS) is 45.3. The van der Waals surface area contributed by atoms with Gasteiger partial charge in [0.15, 0.2) is 0 Å². The molecule has 8 atom stereocenters. The highest BCUT2D eigenvalue weighted by molar-refractivity contribution is 5.25. The topological polar surface area (TPSA) is 40.5 Å². The van der Waals surface area contributed by atoms with Crippen LogP contribution in [0.15, 0.2) is 11.6 Å². The number of aliphatic hydroxyl groups excluding tert-OH is 2. The number of rotatable bonds is 6. The predicted molar refractivity (Wildman–Crippen MR) is 120 cm³/mol. The van der Waals surface area contributed by atoms with Gasteiger partial charge in [-0.2, -0.15) is 0 Å². The summed E-state index contributed by atoms with van der Waals surface area (Å²) in [4.78, 5) is 0. The summed E-state index contributed by atoms with van der Waals surface area (Å²) < 4.78 is 0. The lowest BCUT2D eigenvalue weighted by atomic mass is 9.46. The number of aliphatic hydroxyl groups is 2. The zero-order chi connectivity index (χ0) is 20.8. The number of allylic oxidation sites excluding steroid dienone is 1. The van der Waals surface area contributed by atoms with Crippen LogP contribution in [0.4, 0.5) is 0 Å². The van der Waals surface area contributed by atoms with Gasteiger partial charge in [-0.1, -0.05) is 58.6 Å². The largest absolute Gasteiger partial charge is 0.396 e. The van der Waals surface area contributed by atoms with Crippen LogP contribution in [-0.2, 0) is 0 Å². The van der Waals surface area contributed by atoms with Crippen molar-refractivity contribution in [3.63, 3.8) is 0 Å². The molecule has 0 aromatic heterocycles. The number of hydrogen-bond donors (Lipinski definition) is 2. The van der Waals surface area contributed by atoms with Gasteiger partial charge in [-0.3, -0.25) is 0 Å². The Labute approximate surface area is 179 Å². The summed E-state index contributed by atoms with van der Waals surface area (Å²) in [5.74, 6) is 4.51. The van der Waals surface area contributed by atoms with E-state index in [9.17, 15) is 10.2 Å². The van der Waals surface area contributed by atoms with Crippen molar-refractivity contribution in [3.05, 3.63) is 11.6 Å². The second-order valence-electron chi connectivity index (χ2n) is 12.1. The molecule has 0 aromatic carbocycles. The summed E-state index contributed by atoms with van der Waals surface area (Å²) in [5.41, 5.74) is 2.06. The van der Waals surface area contributed by atoms with Crippen LogP contribution >= 0.6 is 0 Å². The van der Waals surface area contributed by atoms with Gasteiger partial charge in [0.05, 0.1) is 6.10 Å². The van der Waals surface area contributed by atoms with Gasteiger partial charge >= 0.3 is 0 Å². The first-order valence-corrected chi connectivity index (χ1v) is 12.8. The molecule has 0 amide bonds. The maximum atomic E-state index is 10.8. The lowest BCUT2D eigenvalue weighted by Crippen LogP contribution is -2.53. The first kappa shape index (κ1) is 21.9. The third-order valence-corrected chi connectivity index (χ3v) is 10.3. The summed E-state index contributed by atoms with van der Waals surface area (Å²) in [6.07, 6.45) is 15.9. The highest BCUT2D eigenvalue weighted by atomic mass is 16.3. The lowest BCUT2D eigenvalue weighted by molar-refractivity contribution is -0.0899. The van der Waals surface area contributed by atoms with Crippen LogP contribution in [0.5, 0.6) is 0 Å². The van der Waals surface area contributed by atoms with Crippen molar-refractivity contribution in [2.24, 2.45) is 46.3 Å². The minimum Gasteiger partial charge on any atom is -0.396 e. The molecule has 3 saturated carbocycles. The molecular weight excluding hydrogens is 356 g/mol. The van der Waals surface area contributed by atoms with Crippen molar-refractivity contribution in [1.82, 2.24) is 0 Å². The predicted octanol–water partition coefficient (Wildman–Crippen LogP) is 6.36. The van der Waals surface area contributed by atoms with E-state index >= 15 is 0 Å². The van der Waals surface area contributed by atoms with E-state index in [1.165, 1.54) is 51.4 Å². The van der Waals surface area contributed by atoms with E-state index in [1.54, 1.807) is 5.57 Å². The molecule has 29 heavy (non-hydrogen) atoms. The minimum atomic E-state index is -0.117. The quantitative estimate of drug-likeness (QED) is 0.507. The molecular formula is C27H46O2. The average Bonchev–Trinajstić information content (AvgIpc) is 3.08. The Bertz CT molecular complexity index is 610. The van der Waals surface area contributed by atoms with Crippen molar-refractivity contribution >= 4 is 0 Å². The van der Waals surface area contributed by atoms with Crippen LogP contribution in [-0.4, -0.2) is 22.9 Å². The SMILES string of the molecule is CC(C)CCC[C@@H](C)[C@H]1CC[C@H]2[C@@H]3CC=C4C[C@@H](O)CC[C@]4(C)[C@H]3CC[C@]12CO. The molecule has 2 nitrogen and oxygen atoms in total. The molecule has 2 heteroatoms. The van der Waals surface area contributed by atoms with Crippen molar-refractivity contribution in [2.45, 2.75) is 104 Å². The molecule has 4 aliphatic rings. The van der Waals surface area contributed by atoms with Crippen molar-refractivity contribution in [3.8, 4) is 0 Å². The second-order valence-corrected chi connectivity index (χ2v) is 12.1. The number of hydrogen-bond acceptors (Lipinski definition) is 2. The van der Waals surface area contributed by atoms with E-state index in [1.807, 2.05) is 0 Å². The average molecular weight is 403 g/mol. The van der Waals surface area contributed by atoms with Gasteiger partial charge in [-0.25, -0.2) is 0 Å². The molecule has 3 fully saturated rings. The Morgan fingerprint density at radius 3 is 2.55 bits per heavy atom. The van der Waals surface area contributed by atoms with E-state index in [0.29, 0.717) is 17.9 Å². The van der Waals surface area contributed by atoms with Crippen molar-refractivity contribution in [1.29, 1.82) is 0 Å². The van der Waals surface area contributed by atoms with Gasteiger partial charge in [0, 0.05) is 6.61 Å². The zero-order valence-electron chi connectivity index (χ0n) is 19.5. The lowest BCUT2D eigenvalue weighted by Gasteiger charge is -2.58.